The van der Waals surface area contributed by atoms with E-state index in [0.717, 1.165) is 18.5 Å². The highest BCUT2D eigenvalue weighted by atomic mass is 35.5. The van der Waals surface area contributed by atoms with E-state index in [4.69, 9.17) is 38.4 Å². The van der Waals surface area contributed by atoms with E-state index in [1.165, 1.54) is 5.56 Å². The Balaban J connectivity index is 1.59. The van der Waals surface area contributed by atoms with Crippen LogP contribution in [-0.4, -0.2) is 26.2 Å². The van der Waals surface area contributed by atoms with E-state index in [9.17, 15) is 0 Å². The van der Waals surface area contributed by atoms with Crippen molar-refractivity contribution in [2.45, 2.75) is 24.8 Å². The number of hydrogen-bond donors (Lipinski definition) is 2. The maximum Gasteiger partial charge on any atom is 0.193 e. The third-order valence-corrected chi connectivity index (χ3v) is 5.24. The predicted molar refractivity (Wildman–Crippen MR) is 107 cm³/mol. The van der Waals surface area contributed by atoms with Gasteiger partial charge in [-0.15, -0.1) is 0 Å². The summed E-state index contributed by atoms with van der Waals surface area (Å²) in [6.45, 7) is 0. The van der Waals surface area contributed by atoms with E-state index in [2.05, 4.69) is 10.3 Å². The Kier molecular flexibility index (Phi) is 5.79. The van der Waals surface area contributed by atoms with Crippen LogP contribution in [0.2, 0.25) is 10.0 Å². The lowest BCUT2D eigenvalue weighted by atomic mass is 9.76. The van der Waals surface area contributed by atoms with Crippen molar-refractivity contribution in [3.63, 3.8) is 0 Å². The first-order valence-electron chi connectivity index (χ1n) is 8.27. The first kappa shape index (κ1) is 18.7. The number of ether oxygens (including phenoxy) is 2. The number of nitrogens with one attached hydrogen (secondary N) is 1. The van der Waals surface area contributed by atoms with Crippen molar-refractivity contribution >= 4 is 34.8 Å². The quantitative estimate of drug-likeness (QED) is 0.571. The number of nitrogens with two attached hydrogens (primary N) is 1. The highest BCUT2D eigenvalue weighted by Crippen LogP contribution is 2.40. The number of guanidine groups is 1. The van der Waals surface area contributed by atoms with Gasteiger partial charge in [0.05, 0.1) is 30.3 Å². The monoisotopic (exact) mass is 393 g/mol. The molecule has 0 bridgehead atoms. The Morgan fingerprint density at radius 3 is 2.42 bits per heavy atom. The van der Waals surface area contributed by atoms with Crippen molar-refractivity contribution in [2.24, 2.45) is 10.7 Å². The first-order chi connectivity index (χ1) is 12.5. The van der Waals surface area contributed by atoms with Gasteiger partial charge in [0.15, 0.2) is 17.5 Å². The average Bonchev–Trinajstić information content (AvgIpc) is 2.60. The van der Waals surface area contributed by atoms with Gasteiger partial charge in [-0.2, -0.15) is 0 Å². The topological polar surface area (TPSA) is 68.9 Å². The second-order valence-corrected chi connectivity index (χ2v) is 7.02. The summed E-state index contributed by atoms with van der Waals surface area (Å²) in [6.07, 6.45) is 1.87. The smallest absolute Gasteiger partial charge is 0.193 e. The Morgan fingerprint density at radius 2 is 1.77 bits per heavy atom. The van der Waals surface area contributed by atoms with Gasteiger partial charge in [-0.3, -0.25) is 0 Å². The van der Waals surface area contributed by atoms with Gasteiger partial charge in [-0.1, -0.05) is 29.3 Å². The molecule has 0 amide bonds. The molecule has 138 valence electrons. The molecule has 0 aromatic heterocycles. The zero-order valence-corrected chi connectivity index (χ0v) is 16.1. The fourth-order valence-electron chi connectivity index (χ4n) is 3.02. The van der Waals surface area contributed by atoms with Crippen molar-refractivity contribution < 1.29 is 9.47 Å². The van der Waals surface area contributed by atoms with Gasteiger partial charge in [-0.05, 0) is 48.6 Å². The molecular formula is C19H21Cl2N3O2. The maximum absolute atomic E-state index is 6.09. The largest absolute Gasteiger partial charge is 0.493 e. The fraction of sp³-hybridized carbons (Fsp3) is 0.316. The summed E-state index contributed by atoms with van der Waals surface area (Å²) in [7, 11) is 3.19. The van der Waals surface area contributed by atoms with E-state index >= 15 is 0 Å². The highest BCUT2D eigenvalue weighted by molar-refractivity contribution is 6.42. The maximum atomic E-state index is 6.09. The van der Waals surface area contributed by atoms with Gasteiger partial charge in [0.2, 0.25) is 0 Å². The Bertz CT molecular complexity index is 820. The molecule has 0 atom stereocenters. The predicted octanol–water partition coefficient (Wildman–Crippen LogP) is 4.68. The standard InChI is InChI=1S/C19H21Cl2N3O2/c1-25-17-6-4-13(10-18(17)26-2)23-19(22)24-14-7-12(8-14)11-3-5-15(20)16(21)9-11/h3-6,9-10,12,14H,7-8H2,1-2H3,(H3,22,23,24). The summed E-state index contributed by atoms with van der Waals surface area (Å²) in [6, 6.07) is 11.5. The summed E-state index contributed by atoms with van der Waals surface area (Å²) >= 11 is 12.1. The molecule has 1 saturated carbocycles. The van der Waals surface area contributed by atoms with Crippen molar-refractivity contribution in [2.75, 3.05) is 19.5 Å². The van der Waals surface area contributed by atoms with Crippen LogP contribution in [0.15, 0.2) is 41.4 Å². The van der Waals surface area contributed by atoms with Crippen LogP contribution in [0.5, 0.6) is 11.5 Å². The summed E-state index contributed by atoms with van der Waals surface area (Å²) in [5, 5.41) is 4.26. The normalized spacial score (nSPS) is 19.6. The number of methoxy groups -OCH3 is 2. The van der Waals surface area contributed by atoms with E-state index < -0.39 is 0 Å². The molecule has 7 heteroatoms. The zero-order valence-electron chi connectivity index (χ0n) is 14.6. The van der Waals surface area contributed by atoms with Gasteiger partial charge in [-0.25, -0.2) is 4.99 Å². The molecule has 2 aromatic carbocycles. The first-order valence-corrected chi connectivity index (χ1v) is 9.03. The second-order valence-electron chi connectivity index (χ2n) is 6.20. The number of nitrogens with zero attached hydrogens (tertiary/aromatic N) is 1. The lowest BCUT2D eigenvalue weighted by Crippen LogP contribution is -2.31. The van der Waals surface area contributed by atoms with E-state index in [0.29, 0.717) is 33.4 Å². The molecule has 1 fully saturated rings. The molecule has 0 aliphatic heterocycles. The van der Waals surface area contributed by atoms with Crippen molar-refractivity contribution in [1.29, 1.82) is 0 Å². The molecule has 0 heterocycles. The summed E-state index contributed by atoms with van der Waals surface area (Å²) in [4.78, 5) is 4.54. The van der Waals surface area contributed by atoms with Crippen LogP contribution in [0.3, 0.4) is 0 Å². The van der Waals surface area contributed by atoms with Crippen LogP contribution in [0, 0.1) is 0 Å². The number of benzene rings is 2. The fourth-order valence-corrected chi connectivity index (χ4v) is 3.33. The SMILES string of the molecule is COc1ccc(NC(N)=NC2CC(c3ccc(Cl)c(Cl)c3)C2)cc1OC. The van der Waals surface area contributed by atoms with Crippen LogP contribution in [0.4, 0.5) is 5.69 Å². The van der Waals surface area contributed by atoms with Gasteiger partial charge in [0.25, 0.3) is 0 Å². The van der Waals surface area contributed by atoms with E-state index in [-0.39, 0.29) is 6.04 Å². The average molecular weight is 394 g/mol. The lowest BCUT2D eigenvalue weighted by Gasteiger charge is -2.33. The molecule has 3 N–H and O–H groups in total. The molecular weight excluding hydrogens is 373 g/mol. The van der Waals surface area contributed by atoms with Crippen LogP contribution < -0.4 is 20.5 Å². The summed E-state index contributed by atoms with van der Waals surface area (Å²) in [5.74, 6) is 2.12. The van der Waals surface area contributed by atoms with Gasteiger partial charge < -0.3 is 20.5 Å². The molecule has 0 saturated heterocycles. The molecule has 1 aliphatic carbocycles. The minimum absolute atomic E-state index is 0.196. The van der Waals surface area contributed by atoms with Gasteiger partial charge in [0, 0.05) is 11.8 Å². The Morgan fingerprint density at radius 1 is 1.04 bits per heavy atom. The molecule has 5 nitrogen and oxygen atoms in total. The third-order valence-electron chi connectivity index (χ3n) is 4.51. The number of halogens is 2. The molecule has 2 aromatic rings. The molecule has 0 radical (unpaired) electrons. The van der Waals surface area contributed by atoms with Crippen molar-refractivity contribution in [3.8, 4) is 11.5 Å². The van der Waals surface area contributed by atoms with Crippen LogP contribution in [0.25, 0.3) is 0 Å². The van der Waals surface area contributed by atoms with E-state index in [1.54, 1.807) is 14.2 Å². The van der Waals surface area contributed by atoms with Gasteiger partial charge in [0.1, 0.15) is 0 Å². The Labute approximate surface area is 163 Å². The number of aliphatic imine (C=N–C) groups is 1. The molecule has 26 heavy (non-hydrogen) atoms. The van der Waals surface area contributed by atoms with E-state index in [1.807, 2.05) is 36.4 Å². The summed E-state index contributed by atoms with van der Waals surface area (Å²) < 4.78 is 10.5. The minimum atomic E-state index is 0.196. The third kappa shape index (κ3) is 4.17. The van der Waals surface area contributed by atoms with Crippen molar-refractivity contribution in [3.05, 3.63) is 52.0 Å². The number of rotatable bonds is 5. The zero-order chi connectivity index (χ0) is 18.7. The highest BCUT2D eigenvalue weighted by Gasteiger charge is 2.30. The van der Waals surface area contributed by atoms with Gasteiger partial charge >= 0.3 is 0 Å². The molecule has 0 spiro atoms. The number of anilines is 1. The molecule has 3 rings (SSSR count). The second kappa shape index (κ2) is 8.06. The minimum Gasteiger partial charge on any atom is -0.493 e. The Hall–Kier alpha value is -2.11. The van der Waals surface area contributed by atoms with Crippen LogP contribution in [0.1, 0.15) is 24.3 Å². The lowest BCUT2D eigenvalue weighted by molar-refractivity contribution is 0.353. The molecule has 1 aliphatic rings. The summed E-state index contributed by atoms with van der Waals surface area (Å²) in [5.41, 5.74) is 8.02. The van der Waals surface area contributed by atoms with Crippen LogP contribution in [-0.2, 0) is 0 Å². The van der Waals surface area contributed by atoms with Crippen molar-refractivity contribution in [1.82, 2.24) is 0 Å². The molecule has 0 unspecified atom stereocenters. The van der Waals surface area contributed by atoms with Crippen LogP contribution >= 0.6 is 23.2 Å². The number of hydrogen-bond acceptors (Lipinski definition) is 3.